The quantitative estimate of drug-likeness (QED) is 0.739. The van der Waals surface area contributed by atoms with Crippen LogP contribution in [0.1, 0.15) is 31.4 Å². The number of aliphatic hydroxyl groups is 2. The fourth-order valence-corrected chi connectivity index (χ4v) is 2.07. The third-order valence-corrected chi connectivity index (χ3v) is 3.88. The molecule has 2 atom stereocenters. The van der Waals surface area contributed by atoms with Crippen molar-refractivity contribution in [3.63, 3.8) is 0 Å². The van der Waals surface area contributed by atoms with Crippen molar-refractivity contribution in [2.75, 3.05) is 5.32 Å². The summed E-state index contributed by atoms with van der Waals surface area (Å²) in [5, 5.41) is 35.3. The molecule has 0 aliphatic carbocycles. The van der Waals surface area contributed by atoms with Gasteiger partial charge in [-0.3, -0.25) is 9.48 Å². The number of carbonyl (C=O) groups is 1. The smallest absolute Gasteiger partial charge is 0.256 e. The van der Waals surface area contributed by atoms with Crippen LogP contribution >= 0.6 is 0 Å². The van der Waals surface area contributed by atoms with Gasteiger partial charge in [0.1, 0.15) is 0 Å². The van der Waals surface area contributed by atoms with Gasteiger partial charge in [0.2, 0.25) is 0 Å². The summed E-state index contributed by atoms with van der Waals surface area (Å²) >= 11 is 0. The normalized spacial score (nSPS) is 14.5. The highest BCUT2D eigenvalue weighted by Gasteiger charge is 2.34. The number of anilines is 1. The minimum atomic E-state index is -1.52. The number of aliphatic hydroxyl groups excluding tert-OH is 1. The van der Waals surface area contributed by atoms with Crippen LogP contribution in [0, 0.1) is 11.3 Å². The molecule has 24 heavy (non-hydrogen) atoms. The van der Waals surface area contributed by atoms with E-state index < -0.39 is 17.6 Å². The van der Waals surface area contributed by atoms with E-state index in [1.807, 2.05) is 12.1 Å². The first-order valence-electron chi connectivity index (χ1n) is 7.58. The maximum Gasteiger partial charge on any atom is 0.256 e. The summed E-state index contributed by atoms with van der Waals surface area (Å²) in [7, 11) is 0. The Morgan fingerprint density at radius 3 is 2.71 bits per heavy atom. The summed E-state index contributed by atoms with van der Waals surface area (Å²) in [6.07, 6.45) is 1.82. The topological polar surface area (TPSA) is 111 Å². The Morgan fingerprint density at radius 2 is 2.12 bits per heavy atom. The number of hydrogen-bond acceptors (Lipinski definition) is 5. The number of rotatable bonds is 6. The Bertz CT molecular complexity index is 744. The number of hydrogen-bond donors (Lipinski definition) is 3. The van der Waals surface area contributed by atoms with E-state index in [0.29, 0.717) is 17.8 Å². The fraction of sp³-hybridized carbons (Fsp3) is 0.353. The van der Waals surface area contributed by atoms with Crippen molar-refractivity contribution >= 4 is 11.6 Å². The molecule has 1 heterocycles. The first-order chi connectivity index (χ1) is 11.4. The monoisotopic (exact) mass is 328 g/mol. The van der Waals surface area contributed by atoms with Crippen molar-refractivity contribution in [3.8, 4) is 6.07 Å². The molecule has 0 spiro atoms. The minimum Gasteiger partial charge on any atom is -0.387 e. The van der Waals surface area contributed by atoms with Crippen molar-refractivity contribution in [2.24, 2.45) is 0 Å². The molecule has 2 aromatic rings. The molecule has 7 heteroatoms. The van der Waals surface area contributed by atoms with Crippen molar-refractivity contribution in [1.82, 2.24) is 9.78 Å². The number of benzene rings is 1. The highest BCUT2D eigenvalue weighted by Crippen LogP contribution is 2.16. The van der Waals surface area contributed by atoms with E-state index in [2.05, 4.69) is 16.5 Å². The molecule has 0 bridgehead atoms. The van der Waals surface area contributed by atoms with E-state index in [-0.39, 0.29) is 6.42 Å². The number of aromatic nitrogens is 2. The largest absolute Gasteiger partial charge is 0.387 e. The second kappa shape index (κ2) is 7.25. The van der Waals surface area contributed by atoms with Crippen molar-refractivity contribution in [1.29, 1.82) is 5.26 Å². The van der Waals surface area contributed by atoms with E-state index >= 15 is 0 Å². The first-order valence-corrected chi connectivity index (χ1v) is 7.58. The van der Waals surface area contributed by atoms with Crippen LogP contribution in [0.25, 0.3) is 0 Å². The molecule has 0 saturated heterocycles. The van der Waals surface area contributed by atoms with Crippen molar-refractivity contribution < 1.29 is 15.0 Å². The van der Waals surface area contributed by atoms with Gasteiger partial charge in [-0.1, -0.05) is 19.1 Å². The number of nitrogens with one attached hydrogen (secondary N) is 1. The highest BCUT2D eigenvalue weighted by atomic mass is 16.3. The lowest BCUT2D eigenvalue weighted by Crippen LogP contribution is -2.46. The second-order valence-corrected chi connectivity index (χ2v) is 5.84. The number of nitrogens with zero attached hydrogens (tertiary/aromatic N) is 3. The summed E-state index contributed by atoms with van der Waals surface area (Å²) in [6.45, 7) is 3.58. The lowest BCUT2D eigenvalue weighted by Gasteiger charge is -2.26. The van der Waals surface area contributed by atoms with Gasteiger partial charge in [0, 0.05) is 6.20 Å². The lowest BCUT2D eigenvalue weighted by atomic mass is 9.95. The average Bonchev–Trinajstić information content (AvgIpc) is 3.01. The van der Waals surface area contributed by atoms with Gasteiger partial charge in [0.15, 0.2) is 6.10 Å². The molecular formula is C17H20N4O3. The molecule has 1 aromatic heterocycles. The van der Waals surface area contributed by atoms with E-state index in [1.165, 1.54) is 13.1 Å². The molecule has 0 aliphatic heterocycles. The Morgan fingerprint density at radius 1 is 1.46 bits per heavy atom. The van der Waals surface area contributed by atoms with E-state index in [0.717, 1.165) is 5.56 Å². The summed E-state index contributed by atoms with van der Waals surface area (Å²) in [4.78, 5) is 12.0. The predicted molar refractivity (Wildman–Crippen MR) is 88.0 cm³/mol. The van der Waals surface area contributed by atoms with Crippen LogP contribution in [-0.4, -0.2) is 37.6 Å². The zero-order valence-electron chi connectivity index (χ0n) is 13.6. The Balaban J connectivity index is 2.00. The molecule has 1 amide bonds. The molecule has 1 aromatic carbocycles. The maximum absolute atomic E-state index is 12.0. The molecule has 0 saturated carbocycles. The third-order valence-electron chi connectivity index (χ3n) is 3.88. The van der Waals surface area contributed by atoms with Gasteiger partial charge >= 0.3 is 0 Å². The minimum absolute atomic E-state index is 0.250. The molecule has 7 nitrogen and oxygen atoms in total. The van der Waals surface area contributed by atoms with Gasteiger partial charge in [-0.25, -0.2) is 0 Å². The van der Waals surface area contributed by atoms with Crippen molar-refractivity contribution in [2.45, 2.75) is 38.5 Å². The molecule has 0 aliphatic rings. The molecule has 0 radical (unpaired) electrons. The molecule has 3 N–H and O–H groups in total. The zero-order valence-corrected chi connectivity index (χ0v) is 13.6. The van der Waals surface area contributed by atoms with Crippen LogP contribution in [0.3, 0.4) is 0 Å². The van der Waals surface area contributed by atoms with Crippen LogP contribution in [-0.2, 0) is 11.3 Å². The summed E-state index contributed by atoms with van der Waals surface area (Å²) in [6, 6.07) is 9.18. The molecule has 2 unspecified atom stereocenters. The molecule has 0 fully saturated rings. The highest BCUT2D eigenvalue weighted by molar-refractivity contribution is 5.94. The fourth-order valence-electron chi connectivity index (χ4n) is 2.07. The SMILES string of the molecule is CCC(C)(O)C(O)C(=O)Nc1cnn(Cc2ccc(C#N)cc2)c1. The van der Waals surface area contributed by atoms with E-state index in [4.69, 9.17) is 5.26 Å². The summed E-state index contributed by atoms with van der Waals surface area (Å²) in [5.74, 6) is -0.681. The van der Waals surface area contributed by atoms with Crippen LogP contribution in [0.4, 0.5) is 5.69 Å². The Kier molecular flexibility index (Phi) is 5.34. The van der Waals surface area contributed by atoms with Crippen LogP contribution in [0.2, 0.25) is 0 Å². The van der Waals surface area contributed by atoms with E-state index in [1.54, 1.807) is 29.9 Å². The second-order valence-electron chi connectivity index (χ2n) is 5.84. The maximum atomic E-state index is 12.0. The van der Waals surface area contributed by atoms with Gasteiger partial charge in [0.05, 0.1) is 35.7 Å². The van der Waals surface area contributed by atoms with Gasteiger partial charge in [-0.15, -0.1) is 0 Å². The van der Waals surface area contributed by atoms with Crippen LogP contribution in [0.5, 0.6) is 0 Å². The number of amides is 1. The number of nitriles is 1. The van der Waals surface area contributed by atoms with E-state index in [9.17, 15) is 15.0 Å². The zero-order chi connectivity index (χ0) is 17.7. The Hall–Kier alpha value is -2.69. The Labute approximate surface area is 140 Å². The molecule has 2 rings (SSSR count). The van der Waals surface area contributed by atoms with Crippen LogP contribution < -0.4 is 5.32 Å². The average molecular weight is 328 g/mol. The molecule has 126 valence electrons. The predicted octanol–water partition coefficient (Wildman–Crippen LogP) is 1.26. The van der Waals surface area contributed by atoms with Gasteiger partial charge in [-0.2, -0.15) is 10.4 Å². The summed E-state index contributed by atoms with van der Waals surface area (Å²) in [5.41, 5.74) is 0.496. The lowest BCUT2D eigenvalue weighted by molar-refractivity contribution is -0.138. The summed E-state index contributed by atoms with van der Waals surface area (Å²) < 4.78 is 1.63. The first kappa shape index (κ1) is 17.7. The van der Waals surface area contributed by atoms with Gasteiger partial charge in [-0.05, 0) is 31.0 Å². The molecular weight excluding hydrogens is 308 g/mol. The third kappa shape index (κ3) is 4.19. The van der Waals surface area contributed by atoms with Gasteiger partial charge in [0.25, 0.3) is 5.91 Å². The standard InChI is InChI=1S/C17H20N4O3/c1-3-17(2,24)15(22)16(23)20-14-9-19-21(11-14)10-13-6-4-12(8-18)5-7-13/h4-7,9,11,15,22,24H,3,10H2,1-2H3,(H,20,23). The van der Waals surface area contributed by atoms with Gasteiger partial charge < -0.3 is 15.5 Å². The van der Waals surface area contributed by atoms with Crippen molar-refractivity contribution in [3.05, 3.63) is 47.8 Å². The van der Waals surface area contributed by atoms with Crippen LogP contribution in [0.15, 0.2) is 36.7 Å². The number of carbonyl (C=O) groups excluding carboxylic acids is 1.